The van der Waals surface area contributed by atoms with E-state index in [9.17, 15) is 4.79 Å². The average molecular weight is 283 g/mol. The molecule has 21 heavy (non-hydrogen) atoms. The lowest BCUT2D eigenvalue weighted by atomic mass is 10.1. The maximum Gasteiger partial charge on any atom is 0.228 e. The van der Waals surface area contributed by atoms with E-state index in [0.717, 1.165) is 25.1 Å². The highest BCUT2D eigenvalue weighted by atomic mass is 16.2. The number of hydrogen-bond donors (Lipinski definition) is 1. The van der Waals surface area contributed by atoms with Crippen LogP contribution in [-0.2, 0) is 4.79 Å². The Labute approximate surface area is 123 Å². The molecule has 1 saturated heterocycles. The lowest BCUT2D eigenvalue weighted by Crippen LogP contribution is -2.28. The Balaban J connectivity index is 1.81. The van der Waals surface area contributed by atoms with Crippen molar-refractivity contribution in [3.05, 3.63) is 42.4 Å². The third kappa shape index (κ3) is 2.99. The van der Waals surface area contributed by atoms with Crippen LogP contribution in [0.4, 0.5) is 11.8 Å². The SMILES string of the molecule is CC(=O)N1CCC[C@H]1c1ccnc(Nc2ccccn2)n1. The molecule has 1 aliphatic rings. The Hall–Kier alpha value is -2.50. The normalized spacial score (nSPS) is 17.8. The molecule has 0 spiro atoms. The van der Waals surface area contributed by atoms with Crippen LogP contribution in [0.15, 0.2) is 36.7 Å². The second-order valence-electron chi connectivity index (χ2n) is 5.02. The number of aromatic nitrogens is 3. The van der Waals surface area contributed by atoms with Gasteiger partial charge in [0.05, 0.1) is 11.7 Å². The first-order chi connectivity index (χ1) is 10.2. The van der Waals surface area contributed by atoms with Crippen LogP contribution in [0, 0.1) is 0 Å². The molecule has 2 aromatic rings. The Morgan fingerprint density at radius 2 is 2.19 bits per heavy atom. The van der Waals surface area contributed by atoms with E-state index in [0.29, 0.717) is 11.8 Å². The minimum atomic E-state index is 0.0507. The monoisotopic (exact) mass is 283 g/mol. The van der Waals surface area contributed by atoms with Crippen molar-refractivity contribution in [1.82, 2.24) is 19.9 Å². The molecular weight excluding hydrogens is 266 g/mol. The van der Waals surface area contributed by atoms with E-state index in [1.807, 2.05) is 29.2 Å². The van der Waals surface area contributed by atoms with Gasteiger partial charge in [0.15, 0.2) is 0 Å². The summed E-state index contributed by atoms with van der Waals surface area (Å²) >= 11 is 0. The van der Waals surface area contributed by atoms with Crippen LogP contribution in [-0.4, -0.2) is 32.3 Å². The molecule has 1 fully saturated rings. The molecule has 6 nitrogen and oxygen atoms in total. The van der Waals surface area contributed by atoms with Gasteiger partial charge in [-0.1, -0.05) is 6.07 Å². The summed E-state index contributed by atoms with van der Waals surface area (Å²) in [4.78, 5) is 26.5. The molecule has 1 amide bonds. The van der Waals surface area contributed by atoms with Crippen molar-refractivity contribution < 1.29 is 4.79 Å². The zero-order valence-corrected chi connectivity index (χ0v) is 11.9. The fourth-order valence-electron chi connectivity index (χ4n) is 2.62. The quantitative estimate of drug-likeness (QED) is 0.935. The van der Waals surface area contributed by atoms with Crippen molar-refractivity contribution in [3.8, 4) is 0 Å². The largest absolute Gasteiger partial charge is 0.334 e. The molecule has 0 bridgehead atoms. The van der Waals surface area contributed by atoms with Crippen LogP contribution in [0.3, 0.4) is 0 Å². The fraction of sp³-hybridized carbons (Fsp3) is 0.333. The summed E-state index contributed by atoms with van der Waals surface area (Å²) in [7, 11) is 0. The van der Waals surface area contributed by atoms with Gasteiger partial charge in [0.1, 0.15) is 5.82 Å². The van der Waals surface area contributed by atoms with E-state index in [-0.39, 0.29) is 11.9 Å². The summed E-state index contributed by atoms with van der Waals surface area (Å²) in [6.45, 7) is 2.40. The zero-order chi connectivity index (χ0) is 14.7. The number of carbonyl (C=O) groups excluding carboxylic acids is 1. The van der Waals surface area contributed by atoms with Gasteiger partial charge in [-0.25, -0.2) is 15.0 Å². The first kappa shape index (κ1) is 13.5. The highest BCUT2D eigenvalue weighted by molar-refractivity contribution is 5.74. The number of likely N-dealkylation sites (tertiary alicyclic amines) is 1. The van der Waals surface area contributed by atoms with Gasteiger partial charge in [0.25, 0.3) is 0 Å². The molecule has 108 valence electrons. The van der Waals surface area contributed by atoms with Gasteiger partial charge in [0.2, 0.25) is 11.9 Å². The van der Waals surface area contributed by atoms with Gasteiger partial charge in [-0.05, 0) is 31.0 Å². The molecule has 2 aromatic heterocycles. The predicted molar refractivity (Wildman–Crippen MR) is 78.9 cm³/mol. The number of amides is 1. The second kappa shape index (κ2) is 5.87. The Morgan fingerprint density at radius 3 is 2.95 bits per heavy atom. The van der Waals surface area contributed by atoms with Crippen LogP contribution in [0.2, 0.25) is 0 Å². The molecule has 3 heterocycles. The van der Waals surface area contributed by atoms with Gasteiger partial charge in [-0.15, -0.1) is 0 Å². The van der Waals surface area contributed by atoms with Crippen molar-refractivity contribution >= 4 is 17.7 Å². The van der Waals surface area contributed by atoms with Crippen molar-refractivity contribution in [1.29, 1.82) is 0 Å². The number of nitrogens with zero attached hydrogens (tertiary/aromatic N) is 4. The Bertz CT molecular complexity index is 631. The zero-order valence-electron chi connectivity index (χ0n) is 11.9. The molecule has 1 N–H and O–H groups in total. The number of anilines is 2. The lowest BCUT2D eigenvalue weighted by Gasteiger charge is -2.22. The minimum Gasteiger partial charge on any atom is -0.334 e. The number of rotatable bonds is 3. The van der Waals surface area contributed by atoms with Crippen LogP contribution >= 0.6 is 0 Å². The van der Waals surface area contributed by atoms with Crippen molar-refractivity contribution in [2.45, 2.75) is 25.8 Å². The van der Waals surface area contributed by atoms with E-state index < -0.39 is 0 Å². The molecule has 1 atom stereocenters. The summed E-state index contributed by atoms with van der Waals surface area (Å²) in [5, 5.41) is 3.08. The smallest absolute Gasteiger partial charge is 0.228 e. The summed E-state index contributed by atoms with van der Waals surface area (Å²) in [5.41, 5.74) is 0.871. The van der Waals surface area contributed by atoms with E-state index in [1.165, 1.54) is 0 Å². The van der Waals surface area contributed by atoms with E-state index in [4.69, 9.17) is 0 Å². The molecule has 3 rings (SSSR count). The lowest BCUT2D eigenvalue weighted by molar-refractivity contribution is -0.129. The molecule has 0 radical (unpaired) electrons. The Morgan fingerprint density at radius 1 is 1.29 bits per heavy atom. The number of pyridine rings is 1. The molecule has 0 aromatic carbocycles. The third-order valence-corrected chi connectivity index (χ3v) is 3.58. The van der Waals surface area contributed by atoms with Crippen LogP contribution in [0.25, 0.3) is 0 Å². The van der Waals surface area contributed by atoms with Crippen molar-refractivity contribution in [2.75, 3.05) is 11.9 Å². The number of hydrogen-bond acceptors (Lipinski definition) is 5. The third-order valence-electron chi connectivity index (χ3n) is 3.58. The first-order valence-electron chi connectivity index (χ1n) is 7.02. The van der Waals surface area contributed by atoms with Crippen LogP contribution in [0.5, 0.6) is 0 Å². The molecule has 1 aliphatic heterocycles. The van der Waals surface area contributed by atoms with E-state index >= 15 is 0 Å². The fourth-order valence-corrected chi connectivity index (χ4v) is 2.62. The molecule has 0 saturated carbocycles. The highest BCUT2D eigenvalue weighted by Crippen LogP contribution is 2.31. The maximum atomic E-state index is 11.7. The van der Waals surface area contributed by atoms with E-state index in [2.05, 4.69) is 20.3 Å². The van der Waals surface area contributed by atoms with E-state index in [1.54, 1.807) is 19.3 Å². The summed E-state index contributed by atoms with van der Waals surface area (Å²) in [6, 6.07) is 7.53. The van der Waals surface area contributed by atoms with Gasteiger partial charge in [-0.2, -0.15) is 0 Å². The minimum absolute atomic E-state index is 0.0507. The van der Waals surface area contributed by atoms with Gasteiger partial charge in [-0.3, -0.25) is 4.79 Å². The van der Waals surface area contributed by atoms with Crippen LogP contribution < -0.4 is 5.32 Å². The second-order valence-corrected chi connectivity index (χ2v) is 5.02. The first-order valence-corrected chi connectivity index (χ1v) is 7.02. The molecule has 6 heteroatoms. The van der Waals surface area contributed by atoms with Crippen molar-refractivity contribution in [2.24, 2.45) is 0 Å². The highest BCUT2D eigenvalue weighted by Gasteiger charge is 2.29. The maximum absolute atomic E-state index is 11.7. The molecular formula is C15H17N5O. The van der Waals surface area contributed by atoms with Crippen LogP contribution in [0.1, 0.15) is 31.5 Å². The predicted octanol–water partition coefficient (Wildman–Crippen LogP) is 2.30. The number of carbonyl (C=O) groups is 1. The van der Waals surface area contributed by atoms with Gasteiger partial charge in [0, 0.05) is 25.9 Å². The van der Waals surface area contributed by atoms with Gasteiger partial charge >= 0.3 is 0 Å². The molecule has 0 aliphatic carbocycles. The number of nitrogens with one attached hydrogen (secondary N) is 1. The standard InChI is InChI=1S/C15H17N5O/c1-11(21)20-10-4-5-13(20)12-7-9-17-15(18-12)19-14-6-2-3-8-16-14/h2-3,6-9,13H,4-5,10H2,1H3,(H,16,17,18,19)/t13-/m0/s1. The topological polar surface area (TPSA) is 71.0 Å². The molecule has 0 unspecified atom stereocenters. The summed E-state index contributed by atoms with van der Waals surface area (Å²) in [5.74, 6) is 1.29. The average Bonchev–Trinajstić information content (AvgIpc) is 2.98. The Kier molecular flexibility index (Phi) is 3.77. The van der Waals surface area contributed by atoms with Crippen molar-refractivity contribution in [3.63, 3.8) is 0 Å². The summed E-state index contributed by atoms with van der Waals surface area (Å²) in [6.07, 6.45) is 5.38. The summed E-state index contributed by atoms with van der Waals surface area (Å²) < 4.78 is 0. The van der Waals surface area contributed by atoms with Gasteiger partial charge < -0.3 is 10.2 Å².